The lowest BCUT2D eigenvalue weighted by molar-refractivity contribution is 0.282. The molecule has 0 bridgehead atoms. The highest BCUT2D eigenvalue weighted by molar-refractivity contribution is 9.10. The molecule has 0 aliphatic rings. The Hall–Kier alpha value is -1.37. The topological polar surface area (TPSA) is 66.4 Å². The number of halogens is 1. The van der Waals surface area contributed by atoms with Crippen LogP contribution in [-0.4, -0.2) is 13.5 Å². The first-order chi connectivity index (χ1) is 9.42. The van der Waals surface area contributed by atoms with E-state index >= 15 is 0 Å². The molecule has 0 aliphatic carbocycles. The third-order valence-electron chi connectivity index (χ3n) is 2.84. The van der Waals surface area contributed by atoms with Crippen molar-refractivity contribution in [2.45, 2.75) is 18.4 Å². The van der Waals surface area contributed by atoms with Gasteiger partial charge in [0.05, 0.1) is 17.2 Å². The minimum Gasteiger partial charge on any atom is -0.392 e. The lowest BCUT2D eigenvalue weighted by Crippen LogP contribution is -2.14. The lowest BCUT2D eigenvalue weighted by Gasteiger charge is -2.12. The summed E-state index contributed by atoms with van der Waals surface area (Å²) in [7, 11) is -3.64. The first kappa shape index (κ1) is 15.0. The monoisotopic (exact) mass is 355 g/mol. The van der Waals surface area contributed by atoms with Crippen molar-refractivity contribution < 1.29 is 13.5 Å². The van der Waals surface area contributed by atoms with Crippen LogP contribution in [0.25, 0.3) is 0 Å². The van der Waals surface area contributed by atoms with Crippen molar-refractivity contribution in [1.82, 2.24) is 0 Å². The minimum atomic E-state index is -3.64. The van der Waals surface area contributed by atoms with Crippen LogP contribution in [0.1, 0.15) is 11.1 Å². The van der Waals surface area contributed by atoms with Gasteiger partial charge in [0.1, 0.15) is 0 Å². The van der Waals surface area contributed by atoms with Crippen molar-refractivity contribution in [3.05, 3.63) is 58.1 Å². The number of rotatable bonds is 4. The predicted octanol–water partition coefficient (Wildman–Crippen LogP) is 3.05. The molecule has 0 atom stereocenters. The van der Waals surface area contributed by atoms with Crippen LogP contribution < -0.4 is 4.72 Å². The highest BCUT2D eigenvalue weighted by Gasteiger charge is 2.15. The molecule has 6 heteroatoms. The Labute approximate surface area is 126 Å². The number of aliphatic hydroxyl groups is 1. The van der Waals surface area contributed by atoms with Crippen LogP contribution in [0.5, 0.6) is 0 Å². The summed E-state index contributed by atoms with van der Waals surface area (Å²) in [5.74, 6) is 0. The molecule has 2 N–H and O–H groups in total. The average Bonchev–Trinajstić information content (AvgIpc) is 2.41. The number of hydrogen-bond donors (Lipinski definition) is 2. The second-order valence-corrected chi connectivity index (χ2v) is 6.97. The zero-order valence-electron chi connectivity index (χ0n) is 10.8. The van der Waals surface area contributed by atoms with Crippen molar-refractivity contribution >= 4 is 31.6 Å². The zero-order chi connectivity index (χ0) is 14.8. The Morgan fingerprint density at radius 3 is 2.60 bits per heavy atom. The number of aliphatic hydroxyl groups excluding tert-OH is 1. The van der Waals surface area contributed by atoms with Gasteiger partial charge < -0.3 is 5.11 Å². The smallest absolute Gasteiger partial charge is 0.261 e. The Bertz CT molecular complexity index is 729. The number of hydrogen-bond acceptors (Lipinski definition) is 3. The molecule has 0 fully saturated rings. The van der Waals surface area contributed by atoms with Crippen LogP contribution in [0.15, 0.2) is 51.8 Å². The number of benzene rings is 2. The van der Waals surface area contributed by atoms with Gasteiger partial charge >= 0.3 is 0 Å². The average molecular weight is 356 g/mol. The van der Waals surface area contributed by atoms with E-state index in [2.05, 4.69) is 20.7 Å². The number of nitrogens with one attached hydrogen (secondary N) is 1. The lowest BCUT2D eigenvalue weighted by atomic mass is 10.1. The quantitative estimate of drug-likeness (QED) is 0.885. The molecule has 0 aromatic heterocycles. The molecule has 0 aliphatic heterocycles. The Kier molecular flexibility index (Phi) is 4.47. The maximum atomic E-state index is 12.3. The number of aryl methyl sites for hydroxylation is 1. The van der Waals surface area contributed by atoms with Gasteiger partial charge in [0.15, 0.2) is 0 Å². The summed E-state index contributed by atoms with van der Waals surface area (Å²) in [5.41, 5.74) is 1.92. The van der Waals surface area contributed by atoms with Crippen LogP contribution in [-0.2, 0) is 16.6 Å². The van der Waals surface area contributed by atoms with Crippen molar-refractivity contribution in [2.75, 3.05) is 4.72 Å². The van der Waals surface area contributed by atoms with Crippen LogP contribution in [0, 0.1) is 6.92 Å². The third kappa shape index (κ3) is 3.39. The molecule has 0 saturated heterocycles. The molecular formula is C14H14BrNO3S. The summed E-state index contributed by atoms with van der Waals surface area (Å²) in [6.07, 6.45) is 0. The highest BCUT2D eigenvalue weighted by Crippen LogP contribution is 2.23. The summed E-state index contributed by atoms with van der Waals surface area (Å²) < 4.78 is 27.9. The molecule has 0 saturated carbocycles. The van der Waals surface area contributed by atoms with Gasteiger partial charge in [-0.2, -0.15) is 0 Å². The van der Waals surface area contributed by atoms with E-state index in [0.29, 0.717) is 15.7 Å². The molecule has 0 unspecified atom stereocenters. The van der Waals surface area contributed by atoms with Gasteiger partial charge in [-0.3, -0.25) is 4.72 Å². The summed E-state index contributed by atoms with van der Waals surface area (Å²) in [5, 5.41) is 9.12. The summed E-state index contributed by atoms with van der Waals surface area (Å²) in [6.45, 7) is 1.67. The van der Waals surface area contributed by atoms with E-state index < -0.39 is 10.0 Å². The van der Waals surface area contributed by atoms with E-state index in [0.717, 1.165) is 5.56 Å². The summed E-state index contributed by atoms with van der Waals surface area (Å²) >= 11 is 3.25. The first-order valence-corrected chi connectivity index (χ1v) is 8.19. The molecular weight excluding hydrogens is 342 g/mol. The summed E-state index contributed by atoms with van der Waals surface area (Å²) in [4.78, 5) is 0.181. The Balaban J connectivity index is 2.38. The van der Waals surface area contributed by atoms with Crippen LogP contribution >= 0.6 is 15.9 Å². The normalized spacial score (nSPS) is 11.3. The molecule has 106 valence electrons. The first-order valence-electron chi connectivity index (χ1n) is 5.91. The molecule has 2 rings (SSSR count). The van der Waals surface area contributed by atoms with Gasteiger partial charge in [-0.15, -0.1) is 0 Å². The fourth-order valence-corrected chi connectivity index (χ4v) is 3.43. The van der Waals surface area contributed by atoms with Gasteiger partial charge in [0.2, 0.25) is 0 Å². The van der Waals surface area contributed by atoms with E-state index in [4.69, 9.17) is 5.11 Å². The minimum absolute atomic E-state index is 0.133. The van der Waals surface area contributed by atoms with Crippen molar-refractivity contribution in [3.8, 4) is 0 Å². The molecule has 2 aromatic rings. The van der Waals surface area contributed by atoms with E-state index in [1.807, 2.05) is 0 Å². The third-order valence-corrected chi connectivity index (χ3v) is 4.69. The highest BCUT2D eigenvalue weighted by atomic mass is 79.9. The molecule has 20 heavy (non-hydrogen) atoms. The van der Waals surface area contributed by atoms with E-state index in [-0.39, 0.29) is 11.5 Å². The number of sulfonamides is 1. The molecule has 0 heterocycles. The van der Waals surface area contributed by atoms with Crippen LogP contribution in [0.3, 0.4) is 0 Å². The molecule has 2 aromatic carbocycles. The van der Waals surface area contributed by atoms with Gasteiger partial charge in [0, 0.05) is 4.47 Å². The SMILES string of the molecule is Cc1ccc(CO)cc1NS(=O)(=O)c1cccc(Br)c1. The second kappa shape index (κ2) is 5.95. The van der Waals surface area contributed by atoms with Crippen LogP contribution in [0.2, 0.25) is 0 Å². The van der Waals surface area contributed by atoms with Crippen molar-refractivity contribution in [2.24, 2.45) is 0 Å². The standard InChI is InChI=1S/C14H14BrNO3S/c1-10-5-6-11(9-17)7-14(10)16-20(18,19)13-4-2-3-12(15)8-13/h2-8,16-17H,9H2,1H3. The van der Waals surface area contributed by atoms with Crippen molar-refractivity contribution in [3.63, 3.8) is 0 Å². The predicted molar refractivity (Wildman–Crippen MR) is 82.1 cm³/mol. The fraction of sp³-hybridized carbons (Fsp3) is 0.143. The van der Waals surface area contributed by atoms with Crippen LogP contribution in [0.4, 0.5) is 5.69 Å². The fourth-order valence-electron chi connectivity index (χ4n) is 1.72. The van der Waals surface area contributed by atoms with Gasteiger partial charge in [-0.25, -0.2) is 8.42 Å². The van der Waals surface area contributed by atoms with Gasteiger partial charge in [-0.1, -0.05) is 34.1 Å². The maximum absolute atomic E-state index is 12.3. The number of anilines is 1. The molecule has 0 radical (unpaired) electrons. The van der Waals surface area contributed by atoms with E-state index in [1.54, 1.807) is 37.3 Å². The summed E-state index contributed by atoms with van der Waals surface area (Å²) in [6, 6.07) is 11.6. The Morgan fingerprint density at radius 1 is 1.20 bits per heavy atom. The van der Waals surface area contributed by atoms with E-state index in [9.17, 15) is 8.42 Å². The second-order valence-electron chi connectivity index (χ2n) is 4.37. The largest absolute Gasteiger partial charge is 0.392 e. The molecule has 4 nitrogen and oxygen atoms in total. The van der Waals surface area contributed by atoms with Gasteiger partial charge in [0.25, 0.3) is 10.0 Å². The van der Waals surface area contributed by atoms with Crippen molar-refractivity contribution in [1.29, 1.82) is 0 Å². The Morgan fingerprint density at radius 2 is 1.95 bits per heavy atom. The zero-order valence-corrected chi connectivity index (χ0v) is 13.2. The maximum Gasteiger partial charge on any atom is 0.261 e. The van der Waals surface area contributed by atoms with Gasteiger partial charge in [-0.05, 0) is 42.3 Å². The molecule has 0 spiro atoms. The molecule has 0 amide bonds. The van der Waals surface area contributed by atoms with E-state index in [1.165, 1.54) is 12.1 Å².